The highest BCUT2D eigenvalue weighted by atomic mass is 16.2. The molecule has 1 aromatic heterocycles. The maximum atomic E-state index is 12.5. The predicted molar refractivity (Wildman–Crippen MR) is 70.4 cm³/mol. The summed E-state index contributed by atoms with van der Waals surface area (Å²) in [5, 5.41) is 0. The number of aryl methyl sites for hydroxylation is 1. The molecule has 2 fully saturated rings. The lowest BCUT2D eigenvalue weighted by Crippen LogP contribution is -2.31. The number of nitrogens with zero attached hydrogens (tertiary/aromatic N) is 2. The number of carbonyl (C=O) groups excluding carboxylic acids is 1. The van der Waals surface area contributed by atoms with Crippen molar-refractivity contribution in [2.75, 3.05) is 13.1 Å². The molecule has 0 N–H and O–H groups in total. The van der Waals surface area contributed by atoms with Gasteiger partial charge in [-0.15, -0.1) is 0 Å². The molecule has 1 spiro atoms. The highest BCUT2D eigenvalue weighted by Crippen LogP contribution is 2.45. The normalized spacial score (nSPS) is 21.7. The lowest BCUT2D eigenvalue weighted by Gasteiger charge is -2.23. The highest BCUT2D eigenvalue weighted by Gasteiger charge is 2.41. The molecule has 1 aromatic rings. The van der Waals surface area contributed by atoms with Crippen molar-refractivity contribution < 1.29 is 4.79 Å². The van der Waals surface area contributed by atoms with Crippen molar-refractivity contribution in [3.05, 3.63) is 29.6 Å². The van der Waals surface area contributed by atoms with Crippen LogP contribution in [0.2, 0.25) is 0 Å². The second kappa shape index (κ2) is 4.38. The Kier molecular flexibility index (Phi) is 2.84. The van der Waals surface area contributed by atoms with Crippen LogP contribution in [0.25, 0.3) is 0 Å². The summed E-state index contributed by atoms with van der Waals surface area (Å²) in [5.74, 6) is 0.193. The topological polar surface area (TPSA) is 33.2 Å². The van der Waals surface area contributed by atoms with E-state index in [1.54, 1.807) is 12.4 Å². The van der Waals surface area contributed by atoms with Crippen LogP contribution in [0, 0.1) is 12.3 Å². The van der Waals surface area contributed by atoms with E-state index in [2.05, 4.69) is 4.98 Å². The van der Waals surface area contributed by atoms with Crippen LogP contribution in [0.3, 0.4) is 0 Å². The minimum absolute atomic E-state index is 0.193. The molecular weight excluding hydrogens is 224 g/mol. The molecule has 3 heteroatoms. The minimum atomic E-state index is 0.193. The van der Waals surface area contributed by atoms with Gasteiger partial charge >= 0.3 is 0 Å². The summed E-state index contributed by atoms with van der Waals surface area (Å²) in [4.78, 5) is 18.6. The van der Waals surface area contributed by atoms with Crippen molar-refractivity contribution in [1.29, 1.82) is 0 Å². The fraction of sp³-hybridized carbons (Fsp3) is 0.600. The molecule has 0 radical (unpaired) electrons. The van der Waals surface area contributed by atoms with Crippen LogP contribution >= 0.6 is 0 Å². The molecule has 1 saturated heterocycles. The van der Waals surface area contributed by atoms with Gasteiger partial charge in [-0.25, -0.2) is 0 Å². The minimum Gasteiger partial charge on any atom is -0.338 e. The third-order valence-electron chi connectivity index (χ3n) is 4.64. The molecule has 0 atom stereocenters. The van der Waals surface area contributed by atoms with Crippen molar-refractivity contribution in [3.8, 4) is 0 Å². The third-order valence-corrected chi connectivity index (χ3v) is 4.64. The molecule has 2 heterocycles. The van der Waals surface area contributed by atoms with Gasteiger partial charge in [0.15, 0.2) is 0 Å². The number of rotatable bonds is 1. The van der Waals surface area contributed by atoms with Crippen molar-refractivity contribution in [2.24, 2.45) is 5.41 Å². The van der Waals surface area contributed by atoms with Crippen molar-refractivity contribution in [2.45, 2.75) is 39.0 Å². The fourth-order valence-corrected chi connectivity index (χ4v) is 3.53. The molecule has 96 valence electrons. The first-order chi connectivity index (χ1) is 8.70. The van der Waals surface area contributed by atoms with Crippen LogP contribution in [-0.4, -0.2) is 28.9 Å². The third kappa shape index (κ3) is 1.92. The van der Waals surface area contributed by atoms with E-state index in [1.807, 2.05) is 17.9 Å². The molecule has 0 unspecified atom stereocenters. The number of hydrogen-bond donors (Lipinski definition) is 0. The monoisotopic (exact) mass is 244 g/mol. The molecule has 3 nitrogen and oxygen atoms in total. The quantitative estimate of drug-likeness (QED) is 0.761. The summed E-state index contributed by atoms with van der Waals surface area (Å²) < 4.78 is 0. The largest absolute Gasteiger partial charge is 0.338 e. The Balaban J connectivity index is 1.77. The van der Waals surface area contributed by atoms with Gasteiger partial charge in [0.1, 0.15) is 0 Å². The van der Waals surface area contributed by atoms with E-state index in [0.717, 1.165) is 24.2 Å². The molecule has 3 rings (SSSR count). The molecule has 1 aliphatic carbocycles. The second-order valence-corrected chi connectivity index (χ2v) is 5.87. The predicted octanol–water partition coefficient (Wildman–Crippen LogP) is 2.80. The van der Waals surface area contributed by atoms with Crippen molar-refractivity contribution in [3.63, 3.8) is 0 Å². The van der Waals surface area contributed by atoms with Crippen LogP contribution in [-0.2, 0) is 0 Å². The zero-order chi connectivity index (χ0) is 12.6. The Morgan fingerprint density at radius 2 is 2.11 bits per heavy atom. The van der Waals surface area contributed by atoms with Gasteiger partial charge in [-0.3, -0.25) is 9.78 Å². The lowest BCUT2D eigenvalue weighted by molar-refractivity contribution is 0.0772. The van der Waals surface area contributed by atoms with E-state index < -0.39 is 0 Å². The number of pyridine rings is 1. The maximum Gasteiger partial charge on any atom is 0.254 e. The van der Waals surface area contributed by atoms with E-state index in [9.17, 15) is 4.79 Å². The number of carbonyl (C=O) groups is 1. The smallest absolute Gasteiger partial charge is 0.254 e. The van der Waals surface area contributed by atoms with E-state index in [0.29, 0.717) is 5.41 Å². The summed E-state index contributed by atoms with van der Waals surface area (Å²) in [5.41, 5.74) is 2.26. The zero-order valence-corrected chi connectivity index (χ0v) is 11.0. The molecule has 1 aliphatic heterocycles. The van der Waals surface area contributed by atoms with Gasteiger partial charge in [0.2, 0.25) is 0 Å². The van der Waals surface area contributed by atoms with E-state index >= 15 is 0 Å². The Bertz CT molecular complexity index is 463. The standard InChI is InChI=1S/C15H20N2O/c1-12-10-16-8-4-13(12)14(18)17-9-7-15(11-17)5-2-3-6-15/h4,8,10H,2-3,5-7,9,11H2,1H3. The molecule has 1 saturated carbocycles. The van der Waals surface area contributed by atoms with Gasteiger partial charge in [-0.1, -0.05) is 12.8 Å². The van der Waals surface area contributed by atoms with Crippen LogP contribution in [0.4, 0.5) is 0 Å². The summed E-state index contributed by atoms with van der Waals surface area (Å²) >= 11 is 0. The van der Waals surface area contributed by atoms with Crippen LogP contribution < -0.4 is 0 Å². The van der Waals surface area contributed by atoms with Crippen LogP contribution in [0.15, 0.2) is 18.5 Å². The van der Waals surface area contributed by atoms with Gasteiger partial charge in [0, 0.05) is 31.0 Å². The summed E-state index contributed by atoms with van der Waals surface area (Å²) in [7, 11) is 0. The first-order valence-electron chi connectivity index (χ1n) is 6.90. The number of hydrogen-bond acceptors (Lipinski definition) is 2. The van der Waals surface area contributed by atoms with Gasteiger partial charge in [0.05, 0.1) is 0 Å². The first kappa shape index (κ1) is 11.7. The van der Waals surface area contributed by atoms with E-state index in [4.69, 9.17) is 0 Å². The van der Waals surface area contributed by atoms with Gasteiger partial charge in [-0.2, -0.15) is 0 Å². The van der Waals surface area contributed by atoms with Crippen LogP contribution in [0.5, 0.6) is 0 Å². The van der Waals surface area contributed by atoms with Crippen LogP contribution in [0.1, 0.15) is 48.0 Å². The zero-order valence-electron chi connectivity index (χ0n) is 11.0. The van der Waals surface area contributed by atoms with Gasteiger partial charge < -0.3 is 4.90 Å². The summed E-state index contributed by atoms with van der Waals surface area (Å²) in [6.45, 7) is 3.86. The molecule has 1 amide bonds. The maximum absolute atomic E-state index is 12.5. The Morgan fingerprint density at radius 3 is 2.83 bits per heavy atom. The molecule has 2 aliphatic rings. The second-order valence-electron chi connectivity index (χ2n) is 5.87. The SMILES string of the molecule is Cc1cnccc1C(=O)N1CCC2(CCCC2)C1. The Labute approximate surface area is 108 Å². The first-order valence-corrected chi connectivity index (χ1v) is 6.90. The van der Waals surface area contributed by atoms with E-state index in [1.165, 1.54) is 32.1 Å². The lowest BCUT2D eigenvalue weighted by atomic mass is 9.86. The average Bonchev–Trinajstić information content (AvgIpc) is 3.00. The van der Waals surface area contributed by atoms with Crippen molar-refractivity contribution in [1.82, 2.24) is 9.88 Å². The summed E-state index contributed by atoms with van der Waals surface area (Å²) in [6, 6.07) is 1.84. The number of likely N-dealkylation sites (tertiary alicyclic amines) is 1. The fourth-order valence-electron chi connectivity index (χ4n) is 3.53. The summed E-state index contributed by atoms with van der Waals surface area (Å²) in [6.07, 6.45) is 9.99. The van der Waals surface area contributed by atoms with Gasteiger partial charge in [-0.05, 0) is 43.2 Å². The van der Waals surface area contributed by atoms with E-state index in [-0.39, 0.29) is 5.91 Å². The highest BCUT2D eigenvalue weighted by molar-refractivity contribution is 5.95. The van der Waals surface area contributed by atoms with Gasteiger partial charge in [0.25, 0.3) is 5.91 Å². The van der Waals surface area contributed by atoms with Crippen molar-refractivity contribution >= 4 is 5.91 Å². The molecule has 18 heavy (non-hydrogen) atoms. The number of aromatic nitrogens is 1. The molecular formula is C15H20N2O. The number of amides is 1. The molecule has 0 bridgehead atoms. The Hall–Kier alpha value is -1.38. The Morgan fingerprint density at radius 1 is 1.33 bits per heavy atom. The average molecular weight is 244 g/mol. The molecule has 0 aromatic carbocycles.